The Balaban J connectivity index is 1.27. The number of fused-ring (bicyclic) bond motifs is 2. The van der Waals surface area contributed by atoms with Crippen LogP contribution in [-0.2, 0) is 13.1 Å². The quantitative estimate of drug-likeness (QED) is 0.359. The number of ether oxygens (including phenoxy) is 2. The fraction of sp³-hybridized carbons (Fsp3) is 0.333. The van der Waals surface area contributed by atoms with Crippen LogP contribution in [0.4, 0.5) is 15.9 Å². The van der Waals surface area contributed by atoms with Gasteiger partial charge in [-0.2, -0.15) is 0 Å². The minimum absolute atomic E-state index is 0.0307. The normalized spacial score (nSPS) is 13.6. The zero-order valence-electron chi connectivity index (χ0n) is 19.5. The van der Waals surface area contributed by atoms with Gasteiger partial charge in [0.25, 0.3) is 0 Å². The number of rotatable bonds is 8. The van der Waals surface area contributed by atoms with Gasteiger partial charge in [-0.3, -0.25) is 4.90 Å². The lowest BCUT2D eigenvalue weighted by Gasteiger charge is -2.27. The molecule has 0 saturated heterocycles. The van der Waals surface area contributed by atoms with Crippen LogP contribution in [0.25, 0.3) is 10.9 Å². The van der Waals surface area contributed by atoms with Crippen molar-refractivity contribution in [2.45, 2.75) is 26.4 Å². The fourth-order valence-electron chi connectivity index (χ4n) is 4.16. The molecular weight excluding hydrogens is 473 g/mol. The predicted molar refractivity (Wildman–Crippen MR) is 131 cm³/mol. The number of hydrogen-bond acceptors (Lipinski definition) is 8. The molecule has 1 aliphatic heterocycles. The van der Waals surface area contributed by atoms with Gasteiger partial charge in [0.1, 0.15) is 29.6 Å². The SMILES string of the molecule is COc1cc2ncnc(Nc3ccc(F)c(Cl)c3)c2cc1OCCCN1CCn2c(C)nnc2C1. The molecule has 5 rings (SSSR count). The van der Waals surface area contributed by atoms with Crippen molar-refractivity contribution >= 4 is 34.0 Å². The van der Waals surface area contributed by atoms with Crippen molar-refractivity contribution in [1.82, 2.24) is 29.6 Å². The van der Waals surface area contributed by atoms with Gasteiger partial charge in [-0.25, -0.2) is 14.4 Å². The van der Waals surface area contributed by atoms with E-state index in [1.807, 2.05) is 19.1 Å². The molecule has 11 heteroatoms. The standard InChI is InChI=1S/C24H25ClFN7O2/c1-15-30-31-23-13-32(7-8-33(15)23)6-3-9-35-22-11-17-20(12-21(22)34-2)27-14-28-24(17)29-16-4-5-19(26)18(25)10-16/h4-5,10-12,14H,3,6-9,13H2,1-2H3,(H,27,28,29). The van der Waals surface area contributed by atoms with Crippen molar-refractivity contribution in [3.63, 3.8) is 0 Å². The molecule has 0 fully saturated rings. The van der Waals surface area contributed by atoms with Crippen LogP contribution >= 0.6 is 11.6 Å². The third-order valence-electron chi connectivity index (χ3n) is 6.00. The van der Waals surface area contributed by atoms with E-state index in [0.29, 0.717) is 35.1 Å². The molecule has 9 nitrogen and oxygen atoms in total. The molecule has 182 valence electrons. The first-order valence-corrected chi connectivity index (χ1v) is 11.7. The lowest BCUT2D eigenvalue weighted by atomic mass is 10.2. The molecule has 0 radical (unpaired) electrons. The Hall–Kier alpha value is -3.50. The van der Waals surface area contributed by atoms with Gasteiger partial charge in [-0.05, 0) is 37.6 Å². The molecule has 2 aromatic carbocycles. The van der Waals surface area contributed by atoms with Crippen LogP contribution in [0.2, 0.25) is 5.02 Å². The van der Waals surface area contributed by atoms with Crippen molar-refractivity contribution in [2.75, 3.05) is 32.1 Å². The molecule has 1 aliphatic rings. The Morgan fingerprint density at radius 1 is 1.11 bits per heavy atom. The Bertz CT molecular complexity index is 1360. The lowest BCUT2D eigenvalue weighted by molar-refractivity contribution is 0.193. The molecule has 4 aromatic rings. The number of anilines is 2. The summed E-state index contributed by atoms with van der Waals surface area (Å²) in [5.74, 6) is 3.24. The second-order valence-electron chi connectivity index (χ2n) is 8.29. The van der Waals surface area contributed by atoms with E-state index in [1.54, 1.807) is 13.2 Å². The predicted octanol–water partition coefficient (Wildman–Crippen LogP) is 4.36. The average Bonchev–Trinajstić information content (AvgIpc) is 3.24. The summed E-state index contributed by atoms with van der Waals surface area (Å²) in [6.45, 7) is 6.06. The molecule has 0 bridgehead atoms. The Morgan fingerprint density at radius 3 is 2.83 bits per heavy atom. The van der Waals surface area contributed by atoms with Gasteiger partial charge >= 0.3 is 0 Å². The third kappa shape index (κ3) is 4.98. The monoisotopic (exact) mass is 497 g/mol. The minimum atomic E-state index is -0.480. The van der Waals surface area contributed by atoms with Gasteiger partial charge in [0, 0.05) is 36.8 Å². The summed E-state index contributed by atoms with van der Waals surface area (Å²) in [5, 5.41) is 12.4. The van der Waals surface area contributed by atoms with Gasteiger partial charge in [0.15, 0.2) is 11.5 Å². The van der Waals surface area contributed by atoms with Gasteiger partial charge in [0.05, 0.1) is 30.8 Å². The number of aromatic nitrogens is 5. The van der Waals surface area contributed by atoms with Crippen LogP contribution in [0.5, 0.6) is 11.5 Å². The van der Waals surface area contributed by atoms with Crippen LogP contribution in [0.15, 0.2) is 36.7 Å². The highest BCUT2D eigenvalue weighted by atomic mass is 35.5. The molecule has 35 heavy (non-hydrogen) atoms. The first-order valence-electron chi connectivity index (χ1n) is 11.3. The molecule has 1 N–H and O–H groups in total. The highest BCUT2D eigenvalue weighted by Crippen LogP contribution is 2.35. The van der Waals surface area contributed by atoms with Crippen molar-refractivity contribution in [2.24, 2.45) is 0 Å². The summed E-state index contributed by atoms with van der Waals surface area (Å²) in [5.41, 5.74) is 1.30. The second-order valence-corrected chi connectivity index (χ2v) is 8.70. The zero-order valence-corrected chi connectivity index (χ0v) is 20.2. The molecule has 0 aliphatic carbocycles. The van der Waals surface area contributed by atoms with E-state index in [0.717, 1.165) is 49.6 Å². The van der Waals surface area contributed by atoms with Gasteiger partial charge in [0.2, 0.25) is 0 Å². The van der Waals surface area contributed by atoms with Crippen LogP contribution in [0, 0.1) is 12.7 Å². The summed E-state index contributed by atoms with van der Waals surface area (Å²) >= 11 is 5.92. The number of hydrogen-bond donors (Lipinski definition) is 1. The van der Waals surface area contributed by atoms with E-state index in [-0.39, 0.29) is 5.02 Å². The lowest BCUT2D eigenvalue weighted by Crippen LogP contribution is -2.35. The van der Waals surface area contributed by atoms with E-state index in [9.17, 15) is 4.39 Å². The van der Waals surface area contributed by atoms with Crippen molar-refractivity contribution in [1.29, 1.82) is 0 Å². The van der Waals surface area contributed by atoms with Crippen LogP contribution in [-0.4, -0.2) is 56.4 Å². The first kappa shape index (κ1) is 23.3. The fourth-order valence-corrected chi connectivity index (χ4v) is 4.34. The topological polar surface area (TPSA) is 90.2 Å². The van der Waals surface area contributed by atoms with Crippen LogP contribution in [0.1, 0.15) is 18.1 Å². The third-order valence-corrected chi connectivity index (χ3v) is 6.29. The highest BCUT2D eigenvalue weighted by Gasteiger charge is 2.19. The molecular formula is C24H25ClFN7O2. The van der Waals surface area contributed by atoms with Crippen molar-refractivity contribution in [3.05, 3.63) is 59.1 Å². The van der Waals surface area contributed by atoms with Crippen LogP contribution < -0.4 is 14.8 Å². The number of methoxy groups -OCH3 is 1. The van der Waals surface area contributed by atoms with E-state index in [1.165, 1.54) is 18.5 Å². The largest absolute Gasteiger partial charge is 0.493 e. The van der Waals surface area contributed by atoms with E-state index < -0.39 is 5.82 Å². The van der Waals surface area contributed by atoms with Crippen LogP contribution in [0.3, 0.4) is 0 Å². The van der Waals surface area contributed by atoms with Crippen molar-refractivity contribution < 1.29 is 13.9 Å². The molecule has 0 atom stereocenters. The maximum absolute atomic E-state index is 13.5. The number of nitrogens with zero attached hydrogens (tertiary/aromatic N) is 6. The first-order chi connectivity index (χ1) is 17.0. The average molecular weight is 498 g/mol. The molecule has 3 heterocycles. The minimum Gasteiger partial charge on any atom is -0.493 e. The molecule has 2 aromatic heterocycles. The van der Waals surface area contributed by atoms with E-state index in [4.69, 9.17) is 21.1 Å². The maximum atomic E-state index is 13.5. The summed E-state index contributed by atoms with van der Waals surface area (Å²) in [6.07, 6.45) is 2.30. The number of benzene rings is 2. The number of aryl methyl sites for hydroxylation is 1. The van der Waals surface area contributed by atoms with Gasteiger partial charge in [-0.1, -0.05) is 11.6 Å². The zero-order chi connectivity index (χ0) is 24.4. The molecule has 0 saturated carbocycles. The Labute approximate surface area is 206 Å². The summed E-state index contributed by atoms with van der Waals surface area (Å²) in [4.78, 5) is 11.1. The summed E-state index contributed by atoms with van der Waals surface area (Å²) < 4.78 is 27.3. The number of halogens is 2. The molecule has 0 unspecified atom stereocenters. The molecule has 0 spiro atoms. The Morgan fingerprint density at radius 2 is 2.00 bits per heavy atom. The number of nitrogens with one attached hydrogen (secondary N) is 1. The van der Waals surface area contributed by atoms with Gasteiger partial charge < -0.3 is 19.4 Å². The summed E-state index contributed by atoms with van der Waals surface area (Å²) in [7, 11) is 1.60. The van der Waals surface area contributed by atoms with E-state index in [2.05, 4.69) is 34.9 Å². The second kappa shape index (κ2) is 10.0. The highest BCUT2D eigenvalue weighted by molar-refractivity contribution is 6.31. The maximum Gasteiger partial charge on any atom is 0.162 e. The smallest absolute Gasteiger partial charge is 0.162 e. The Kier molecular flexibility index (Phi) is 6.65. The van der Waals surface area contributed by atoms with Gasteiger partial charge in [-0.15, -0.1) is 10.2 Å². The molecule has 0 amide bonds. The van der Waals surface area contributed by atoms with E-state index >= 15 is 0 Å². The summed E-state index contributed by atoms with van der Waals surface area (Å²) in [6, 6.07) is 8.08. The van der Waals surface area contributed by atoms with Crippen molar-refractivity contribution in [3.8, 4) is 11.5 Å².